The zero-order valence-electron chi connectivity index (χ0n) is 8.73. The van der Waals surface area contributed by atoms with Crippen molar-refractivity contribution < 1.29 is 32.7 Å². The van der Waals surface area contributed by atoms with Crippen LogP contribution in [0.3, 0.4) is 0 Å². The Morgan fingerprint density at radius 2 is 1.50 bits per heavy atom. The zero-order valence-corrected chi connectivity index (χ0v) is 11.6. The minimum absolute atomic E-state index is 0. The summed E-state index contributed by atoms with van der Waals surface area (Å²) in [5.41, 5.74) is 3.89. The number of benzene rings is 1. The van der Waals surface area contributed by atoms with Crippen LogP contribution in [0, 0.1) is 26.8 Å². The van der Waals surface area contributed by atoms with Gasteiger partial charge in [-0.2, -0.15) is 34.9 Å². The summed E-state index contributed by atoms with van der Waals surface area (Å²) in [4.78, 5) is 0. The van der Waals surface area contributed by atoms with Crippen molar-refractivity contribution in [2.75, 3.05) is 0 Å². The van der Waals surface area contributed by atoms with Crippen LogP contribution in [-0.4, -0.2) is 0 Å². The predicted octanol–water partition coefficient (Wildman–Crippen LogP) is 3.44. The standard InChI is InChI=1S/C9H11.C2H6.Y/c1-7-4-5-8(2)9(3)6-7;1-2;/h5-6H,1-3H3;1-2H3;/q-1;;. The van der Waals surface area contributed by atoms with Crippen LogP contribution in [0.5, 0.6) is 0 Å². The topological polar surface area (TPSA) is 0 Å². The van der Waals surface area contributed by atoms with Crippen molar-refractivity contribution in [3.63, 3.8) is 0 Å². The molecule has 1 aromatic rings. The Labute approximate surface area is 102 Å². The van der Waals surface area contributed by atoms with Gasteiger partial charge in [0.25, 0.3) is 0 Å². The first-order chi connectivity index (χ1) is 5.20. The van der Waals surface area contributed by atoms with Gasteiger partial charge >= 0.3 is 0 Å². The smallest absolute Gasteiger partial charge is 0 e. The molecule has 0 fully saturated rings. The molecule has 0 N–H and O–H groups in total. The molecule has 0 nitrogen and oxygen atoms in total. The Kier molecular flexibility index (Phi) is 9.82. The number of hydrogen-bond donors (Lipinski definition) is 0. The Morgan fingerprint density at radius 3 is 1.83 bits per heavy atom. The molecule has 1 aromatic carbocycles. The van der Waals surface area contributed by atoms with E-state index < -0.39 is 0 Å². The van der Waals surface area contributed by atoms with E-state index in [4.69, 9.17) is 0 Å². The second-order valence-electron chi connectivity index (χ2n) is 2.48. The number of rotatable bonds is 0. The van der Waals surface area contributed by atoms with Crippen molar-refractivity contribution >= 4 is 0 Å². The van der Waals surface area contributed by atoms with Crippen LogP contribution < -0.4 is 0 Å². The van der Waals surface area contributed by atoms with Crippen LogP contribution in [0.25, 0.3) is 0 Å². The third-order valence-corrected chi connectivity index (χ3v) is 1.57. The van der Waals surface area contributed by atoms with E-state index in [0.717, 1.165) is 0 Å². The molecule has 0 amide bonds. The van der Waals surface area contributed by atoms with Gasteiger partial charge in [-0.25, -0.2) is 0 Å². The summed E-state index contributed by atoms with van der Waals surface area (Å²) in [7, 11) is 0. The fourth-order valence-electron chi connectivity index (χ4n) is 0.816. The van der Waals surface area contributed by atoms with Crippen molar-refractivity contribution in [1.29, 1.82) is 0 Å². The summed E-state index contributed by atoms with van der Waals surface area (Å²) >= 11 is 0. The van der Waals surface area contributed by atoms with Crippen molar-refractivity contribution in [1.82, 2.24) is 0 Å². The van der Waals surface area contributed by atoms with E-state index in [1.54, 1.807) is 0 Å². The Bertz CT molecular complexity index is 216. The maximum absolute atomic E-state index is 3.14. The van der Waals surface area contributed by atoms with Gasteiger partial charge in [0.05, 0.1) is 0 Å². The summed E-state index contributed by atoms with van der Waals surface area (Å²) in [6.07, 6.45) is 0. The van der Waals surface area contributed by atoms with Crippen molar-refractivity contribution in [3.8, 4) is 0 Å². The second kappa shape index (κ2) is 7.95. The van der Waals surface area contributed by atoms with E-state index in [1.807, 2.05) is 19.9 Å². The maximum Gasteiger partial charge on any atom is 0 e. The first-order valence-electron chi connectivity index (χ1n) is 4.15. The molecule has 1 radical (unpaired) electrons. The third kappa shape index (κ3) is 5.06. The van der Waals surface area contributed by atoms with Crippen LogP contribution in [0.1, 0.15) is 30.5 Å². The Hall–Kier alpha value is 0.324. The maximum atomic E-state index is 3.14. The van der Waals surface area contributed by atoms with Gasteiger partial charge < -0.3 is 0 Å². The van der Waals surface area contributed by atoms with E-state index in [0.29, 0.717) is 0 Å². The third-order valence-electron chi connectivity index (χ3n) is 1.57. The van der Waals surface area contributed by atoms with Gasteiger partial charge in [0.1, 0.15) is 0 Å². The molecule has 0 aromatic heterocycles. The fourth-order valence-corrected chi connectivity index (χ4v) is 0.816. The molecule has 0 aliphatic carbocycles. The molecule has 0 atom stereocenters. The van der Waals surface area contributed by atoms with Gasteiger partial charge in [0, 0.05) is 32.7 Å². The molecule has 12 heavy (non-hydrogen) atoms. The largest absolute Gasteiger partial charge is 0.180 e. The predicted molar refractivity (Wildman–Crippen MR) is 50.8 cm³/mol. The molecular formula is C11H17Y-. The minimum atomic E-state index is 0. The SMILES string of the molecule is CC.Cc1[c-]cc(C)c(C)c1.[Y]. The van der Waals surface area contributed by atoms with E-state index in [9.17, 15) is 0 Å². The van der Waals surface area contributed by atoms with Crippen LogP contribution in [0.4, 0.5) is 0 Å². The fraction of sp³-hybridized carbons (Fsp3) is 0.455. The molecule has 65 valence electrons. The van der Waals surface area contributed by atoms with E-state index >= 15 is 0 Å². The quantitative estimate of drug-likeness (QED) is 0.607. The van der Waals surface area contributed by atoms with Gasteiger partial charge in [0.15, 0.2) is 0 Å². The Morgan fingerprint density at radius 1 is 1.00 bits per heavy atom. The van der Waals surface area contributed by atoms with Crippen molar-refractivity contribution in [2.24, 2.45) is 0 Å². The van der Waals surface area contributed by atoms with Crippen molar-refractivity contribution in [2.45, 2.75) is 34.6 Å². The normalized spacial score (nSPS) is 7.75. The summed E-state index contributed by atoms with van der Waals surface area (Å²) < 4.78 is 0. The molecule has 0 bridgehead atoms. The van der Waals surface area contributed by atoms with E-state index in [2.05, 4.69) is 32.9 Å². The van der Waals surface area contributed by atoms with Crippen LogP contribution in [0.15, 0.2) is 12.1 Å². The molecule has 0 saturated carbocycles. The monoisotopic (exact) mass is 238 g/mol. The molecule has 0 aliphatic rings. The molecule has 0 aliphatic heterocycles. The summed E-state index contributed by atoms with van der Waals surface area (Å²) in [6, 6.07) is 7.32. The molecule has 1 rings (SSSR count). The summed E-state index contributed by atoms with van der Waals surface area (Å²) in [6.45, 7) is 10.3. The average molecular weight is 238 g/mol. The number of aryl methyl sites for hydroxylation is 3. The van der Waals surface area contributed by atoms with E-state index in [1.165, 1.54) is 16.7 Å². The average Bonchev–Trinajstić information content (AvgIpc) is 2.02. The van der Waals surface area contributed by atoms with Crippen molar-refractivity contribution in [3.05, 3.63) is 34.9 Å². The summed E-state index contributed by atoms with van der Waals surface area (Å²) in [5, 5.41) is 0. The molecule has 0 spiro atoms. The van der Waals surface area contributed by atoms with Gasteiger partial charge in [-0.1, -0.05) is 34.6 Å². The molecule has 0 unspecified atom stereocenters. The van der Waals surface area contributed by atoms with Gasteiger partial charge in [-0.15, -0.1) is 0 Å². The second-order valence-corrected chi connectivity index (χ2v) is 2.48. The van der Waals surface area contributed by atoms with Crippen LogP contribution in [-0.2, 0) is 32.7 Å². The molecule has 0 saturated heterocycles. The van der Waals surface area contributed by atoms with Gasteiger partial charge in [-0.05, 0) is 0 Å². The first kappa shape index (κ1) is 14.8. The Balaban J connectivity index is 0. The van der Waals surface area contributed by atoms with Gasteiger partial charge in [-0.3, -0.25) is 0 Å². The van der Waals surface area contributed by atoms with Crippen LogP contribution >= 0.6 is 0 Å². The minimum Gasteiger partial charge on any atom is -0.180 e. The molecule has 0 heterocycles. The molecular weight excluding hydrogens is 221 g/mol. The first-order valence-corrected chi connectivity index (χ1v) is 4.15. The van der Waals surface area contributed by atoms with Gasteiger partial charge in [0.2, 0.25) is 0 Å². The zero-order chi connectivity index (χ0) is 8.85. The molecule has 1 heteroatoms. The number of hydrogen-bond acceptors (Lipinski definition) is 0. The van der Waals surface area contributed by atoms with E-state index in [-0.39, 0.29) is 32.7 Å². The van der Waals surface area contributed by atoms with Crippen LogP contribution in [0.2, 0.25) is 0 Å². The summed E-state index contributed by atoms with van der Waals surface area (Å²) in [5.74, 6) is 0.